The molecule has 0 saturated carbocycles. The Morgan fingerprint density at radius 1 is 1.50 bits per heavy atom. The number of nitrogens with one attached hydrogen (secondary N) is 1. The lowest BCUT2D eigenvalue weighted by Crippen LogP contribution is -2.55. The van der Waals surface area contributed by atoms with Crippen molar-refractivity contribution in [2.45, 2.75) is 45.3 Å². The average Bonchev–Trinajstić information content (AvgIpc) is 2.38. The van der Waals surface area contributed by atoms with Gasteiger partial charge in [-0.1, -0.05) is 19.1 Å². The van der Waals surface area contributed by atoms with Gasteiger partial charge in [0.05, 0.1) is 0 Å². The molecule has 1 aliphatic rings. The summed E-state index contributed by atoms with van der Waals surface area (Å²) >= 11 is 0. The molecule has 2 rings (SSSR count). The van der Waals surface area contributed by atoms with Gasteiger partial charge in [-0.2, -0.15) is 0 Å². The van der Waals surface area contributed by atoms with Crippen molar-refractivity contribution in [2.24, 2.45) is 0 Å². The van der Waals surface area contributed by atoms with Gasteiger partial charge < -0.3 is 5.32 Å². The Morgan fingerprint density at radius 3 is 2.94 bits per heavy atom. The van der Waals surface area contributed by atoms with Gasteiger partial charge in [0.1, 0.15) is 5.82 Å². The lowest BCUT2D eigenvalue weighted by Gasteiger charge is -2.42. The molecule has 0 aliphatic carbocycles. The molecule has 1 saturated heterocycles. The minimum atomic E-state index is -0.144. The summed E-state index contributed by atoms with van der Waals surface area (Å²) < 4.78 is 13.3. The van der Waals surface area contributed by atoms with Gasteiger partial charge in [-0.3, -0.25) is 4.90 Å². The predicted molar refractivity (Wildman–Crippen MR) is 73.1 cm³/mol. The number of rotatable bonds is 3. The molecule has 100 valence electrons. The fourth-order valence-electron chi connectivity index (χ4n) is 2.72. The van der Waals surface area contributed by atoms with Crippen LogP contribution in [-0.2, 0) is 0 Å². The van der Waals surface area contributed by atoms with E-state index in [0.29, 0.717) is 12.1 Å². The Bertz CT molecular complexity index is 394. The molecule has 0 radical (unpaired) electrons. The van der Waals surface area contributed by atoms with Gasteiger partial charge in [0.15, 0.2) is 0 Å². The highest BCUT2D eigenvalue weighted by atomic mass is 19.1. The molecule has 1 aliphatic heterocycles. The van der Waals surface area contributed by atoms with Crippen molar-refractivity contribution in [1.29, 1.82) is 0 Å². The van der Waals surface area contributed by atoms with Gasteiger partial charge in [-0.25, -0.2) is 4.39 Å². The van der Waals surface area contributed by atoms with Crippen LogP contribution in [0.5, 0.6) is 0 Å². The molecule has 1 fully saturated rings. The second-order valence-electron chi connectivity index (χ2n) is 5.29. The smallest absolute Gasteiger partial charge is 0.123 e. The summed E-state index contributed by atoms with van der Waals surface area (Å²) in [5, 5.41) is 3.55. The van der Waals surface area contributed by atoms with Crippen molar-refractivity contribution in [3.8, 4) is 0 Å². The SMILES string of the molecule is CCC1CN(C(C)c2cccc(F)c2)C(C)CN1. The van der Waals surface area contributed by atoms with E-state index in [4.69, 9.17) is 0 Å². The van der Waals surface area contributed by atoms with Crippen molar-refractivity contribution in [1.82, 2.24) is 10.2 Å². The molecule has 3 atom stereocenters. The van der Waals surface area contributed by atoms with E-state index >= 15 is 0 Å². The van der Waals surface area contributed by atoms with Crippen LogP contribution in [0.4, 0.5) is 4.39 Å². The van der Waals surface area contributed by atoms with Crippen molar-refractivity contribution >= 4 is 0 Å². The Morgan fingerprint density at radius 2 is 2.28 bits per heavy atom. The molecule has 0 spiro atoms. The first-order valence-electron chi connectivity index (χ1n) is 6.86. The topological polar surface area (TPSA) is 15.3 Å². The molecule has 3 unspecified atom stereocenters. The highest BCUT2D eigenvalue weighted by molar-refractivity contribution is 5.20. The monoisotopic (exact) mass is 250 g/mol. The summed E-state index contributed by atoms with van der Waals surface area (Å²) in [7, 11) is 0. The molecular formula is C15H23FN2. The standard InChI is InChI=1S/C15H23FN2/c1-4-15-10-18(11(2)9-17-15)12(3)13-6-5-7-14(16)8-13/h5-8,11-12,15,17H,4,9-10H2,1-3H3. The van der Waals surface area contributed by atoms with Crippen LogP contribution in [0.15, 0.2) is 24.3 Å². The normalized spacial score (nSPS) is 27.1. The first-order valence-corrected chi connectivity index (χ1v) is 6.86. The number of hydrogen-bond donors (Lipinski definition) is 1. The van der Waals surface area contributed by atoms with Gasteiger partial charge >= 0.3 is 0 Å². The van der Waals surface area contributed by atoms with E-state index in [1.807, 2.05) is 6.07 Å². The zero-order valence-electron chi connectivity index (χ0n) is 11.5. The van der Waals surface area contributed by atoms with Crippen molar-refractivity contribution < 1.29 is 4.39 Å². The van der Waals surface area contributed by atoms with E-state index in [-0.39, 0.29) is 11.9 Å². The first-order chi connectivity index (χ1) is 8.61. The van der Waals surface area contributed by atoms with Crippen LogP contribution in [0, 0.1) is 5.82 Å². The highest BCUT2D eigenvalue weighted by Crippen LogP contribution is 2.25. The van der Waals surface area contributed by atoms with Crippen LogP contribution in [0.2, 0.25) is 0 Å². The second kappa shape index (κ2) is 5.81. The molecular weight excluding hydrogens is 227 g/mol. The molecule has 18 heavy (non-hydrogen) atoms. The van der Waals surface area contributed by atoms with Gasteiger partial charge in [-0.05, 0) is 38.0 Å². The summed E-state index contributed by atoms with van der Waals surface area (Å²) in [6.07, 6.45) is 1.14. The molecule has 0 bridgehead atoms. The fourth-order valence-corrected chi connectivity index (χ4v) is 2.72. The van der Waals surface area contributed by atoms with Crippen LogP contribution >= 0.6 is 0 Å². The van der Waals surface area contributed by atoms with E-state index in [2.05, 4.69) is 31.0 Å². The maximum Gasteiger partial charge on any atom is 0.123 e. The Labute approximate surface area is 109 Å². The molecule has 1 aromatic rings. The lowest BCUT2D eigenvalue weighted by molar-refractivity contribution is 0.0974. The molecule has 1 N–H and O–H groups in total. The van der Waals surface area contributed by atoms with Crippen molar-refractivity contribution in [2.75, 3.05) is 13.1 Å². The van der Waals surface area contributed by atoms with Crippen LogP contribution < -0.4 is 5.32 Å². The number of hydrogen-bond acceptors (Lipinski definition) is 2. The van der Waals surface area contributed by atoms with Crippen LogP contribution in [-0.4, -0.2) is 30.1 Å². The van der Waals surface area contributed by atoms with E-state index in [0.717, 1.165) is 25.1 Å². The summed E-state index contributed by atoms with van der Waals surface area (Å²) in [6.45, 7) is 8.66. The zero-order chi connectivity index (χ0) is 13.1. The highest BCUT2D eigenvalue weighted by Gasteiger charge is 2.28. The predicted octanol–water partition coefficient (Wildman–Crippen LogP) is 2.96. The number of benzene rings is 1. The molecule has 2 nitrogen and oxygen atoms in total. The van der Waals surface area contributed by atoms with E-state index in [1.54, 1.807) is 12.1 Å². The van der Waals surface area contributed by atoms with Crippen molar-refractivity contribution in [3.63, 3.8) is 0 Å². The Hall–Kier alpha value is -0.930. The number of halogens is 1. The summed E-state index contributed by atoms with van der Waals surface area (Å²) in [5.74, 6) is -0.144. The Kier molecular flexibility index (Phi) is 4.36. The molecule has 1 aromatic carbocycles. The maximum absolute atomic E-state index is 13.3. The molecule has 3 heteroatoms. The molecule has 0 aromatic heterocycles. The minimum Gasteiger partial charge on any atom is -0.311 e. The quantitative estimate of drug-likeness (QED) is 0.887. The lowest BCUT2D eigenvalue weighted by atomic mass is 10.0. The molecule has 0 amide bonds. The van der Waals surface area contributed by atoms with Crippen LogP contribution in [0.3, 0.4) is 0 Å². The molecule has 1 heterocycles. The van der Waals surface area contributed by atoms with Gasteiger partial charge in [0.25, 0.3) is 0 Å². The van der Waals surface area contributed by atoms with Gasteiger partial charge in [0, 0.05) is 31.2 Å². The number of piperazine rings is 1. The second-order valence-corrected chi connectivity index (χ2v) is 5.29. The summed E-state index contributed by atoms with van der Waals surface area (Å²) in [5.41, 5.74) is 1.07. The van der Waals surface area contributed by atoms with Gasteiger partial charge in [0.2, 0.25) is 0 Å². The van der Waals surface area contributed by atoms with Crippen LogP contribution in [0.25, 0.3) is 0 Å². The summed E-state index contributed by atoms with van der Waals surface area (Å²) in [4.78, 5) is 2.47. The van der Waals surface area contributed by atoms with E-state index in [1.165, 1.54) is 6.07 Å². The average molecular weight is 250 g/mol. The van der Waals surface area contributed by atoms with E-state index in [9.17, 15) is 4.39 Å². The third kappa shape index (κ3) is 2.90. The van der Waals surface area contributed by atoms with Crippen molar-refractivity contribution in [3.05, 3.63) is 35.6 Å². The first kappa shape index (κ1) is 13.5. The fraction of sp³-hybridized carbons (Fsp3) is 0.600. The largest absolute Gasteiger partial charge is 0.311 e. The zero-order valence-corrected chi connectivity index (χ0v) is 11.5. The van der Waals surface area contributed by atoms with E-state index < -0.39 is 0 Å². The van der Waals surface area contributed by atoms with Crippen LogP contribution in [0.1, 0.15) is 38.8 Å². The maximum atomic E-state index is 13.3. The summed E-state index contributed by atoms with van der Waals surface area (Å²) in [6, 6.07) is 8.29. The number of nitrogens with zero attached hydrogens (tertiary/aromatic N) is 1. The minimum absolute atomic E-state index is 0.144. The third-order valence-corrected chi connectivity index (χ3v) is 4.02. The van der Waals surface area contributed by atoms with Gasteiger partial charge in [-0.15, -0.1) is 0 Å². The third-order valence-electron chi connectivity index (χ3n) is 4.02. The Balaban J connectivity index is 2.13.